The van der Waals surface area contributed by atoms with Gasteiger partial charge < -0.3 is 23.8 Å². The maximum Gasteiger partial charge on any atom is 0.143 e. The molecule has 6 heteroatoms. The van der Waals surface area contributed by atoms with Crippen LogP contribution in [0.2, 0.25) is 5.02 Å². The molecule has 1 aromatic rings. The zero-order valence-corrected chi connectivity index (χ0v) is 15.6. The summed E-state index contributed by atoms with van der Waals surface area (Å²) in [5.74, 6) is 0.739. The van der Waals surface area contributed by atoms with E-state index in [4.69, 9.17) is 30.5 Å². The van der Waals surface area contributed by atoms with Crippen LogP contribution in [0.25, 0.3) is 5.57 Å². The summed E-state index contributed by atoms with van der Waals surface area (Å²) in [6, 6.07) is 3.95. The zero-order valence-electron chi connectivity index (χ0n) is 14.8. The molecule has 2 rings (SSSR count). The molecule has 1 unspecified atom stereocenters. The summed E-state index contributed by atoms with van der Waals surface area (Å²) in [6.07, 6.45) is 2.12. The smallest absolute Gasteiger partial charge is 0.143 e. The van der Waals surface area contributed by atoms with Crippen LogP contribution in [-0.2, 0) is 14.2 Å². The quantitative estimate of drug-likeness (QED) is 0.680. The van der Waals surface area contributed by atoms with Crippen LogP contribution in [-0.4, -0.2) is 60.3 Å². The number of halogens is 1. The Kier molecular flexibility index (Phi) is 7.37. The number of benzene rings is 1. The highest BCUT2D eigenvalue weighted by Gasteiger charge is 2.24. The van der Waals surface area contributed by atoms with Crippen LogP contribution in [0.1, 0.15) is 12.5 Å². The van der Waals surface area contributed by atoms with Gasteiger partial charge in [0, 0.05) is 32.9 Å². The number of anilines is 1. The summed E-state index contributed by atoms with van der Waals surface area (Å²) in [6.45, 7) is 5.23. The first-order chi connectivity index (χ1) is 11.6. The SMILES string of the molecule is COCCN(CCOC)c1c(OC)ccc(C2=CCOC2C)c1Cl. The molecule has 1 aliphatic rings. The lowest BCUT2D eigenvalue weighted by Crippen LogP contribution is -2.31. The normalized spacial score (nSPS) is 17.0. The molecule has 1 atom stereocenters. The Hall–Kier alpha value is -1.27. The number of methoxy groups -OCH3 is 3. The molecule has 1 aromatic carbocycles. The molecule has 134 valence electrons. The molecular formula is C18H26ClNO4. The van der Waals surface area contributed by atoms with Crippen molar-refractivity contribution in [1.29, 1.82) is 0 Å². The number of rotatable bonds is 9. The summed E-state index contributed by atoms with van der Waals surface area (Å²) in [5.41, 5.74) is 2.96. The van der Waals surface area contributed by atoms with Gasteiger partial charge in [0.05, 0.1) is 43.7 Å². The van der Waals surface area contributed by atoms with E-state index in [0.29, 0.717) is 37.9 Å². The minimum atomic E-state index is 0.0372. The van der Waals surface area contributed by atoms with Crippen molar-refractivity contribution in [2.45, 2.75) is 13.0 Å². The monoisotopic (exact) mass is 355 g/mol. The summed E-state index contributed by atoms with van der Waals surface area (Å²) in [5, 5.41) is 0.671. The largest absolute Gasteiger partial charge is 0.495 e. The molecular weight excluding hydrogens is 330 g/mol. The van der Waals surface area contributed by atoms with Crippen LogP contribution in [0.15, 0.2) is 18.2 Å². The van der Waals surface area contributed by atoms with Crippen molar-refractivity contribution in [2.75, 3.05) is 59.1 Å². The molecule has 0 amide bonds. The Morgan fingerprint density at radius 2 is 1.83 bits per heavy atom. The summed E-state index contributed by atoms with van der Waals surface area (Å²) >= 11 is 6.79. The van der Waals surface area contributed by atoms with E-state index >= 15 is 0 Å². The fraction of sp³-hybridized carbons (Fsp3) is 0.556. The Bertz CT molecular complexity index is 568. The molecule has 24 heavy (non-hydrogen) atoms. The highest BCUT2D eigenvalue weighted by atomic mass is 35.5. The van der Waals surface area contributed by atoms with E-state index in [1.807, 2.05) is 19.1 Å². The van der Waals surface area contributed by atoms with Crippen molar-refractivity contribution < 1.29 is 18.9 Å². The molecule has 0 fully saturated rings. The molecule has 1 aliphatic heterocycles. The Labute approximate surface area is 149 Å². The molecule has 0 saturated carbocycles. The molecule has 0 bridgehead atoms. The van der Waals surface area contributed by atoms with Gasteiger partial charge in [-0.1, -0.05) is 17.7 Å². The van der Waals surface area contributed by atoms with Gasteiger partial charge in [-0.25, -0.2) is 0 Å². The number of nitrogens with zero attached hydrogens (tertiary/aromatic N) is 1. The first-order valence-electron chi connectivity index (χ1n) is 8.05. The second-order valence-corrected chi connectivity index (χ2v) is 5.96. The fourth-order valence-electron chi connectivity index (χ4n) is 2.83. The Morgan fingerprint density at radius 1 is 1.17 bits per heavy atom. The summed E-state index contributed by atoms with van der Waals surface area (Å²) in [7, 11) is 5.03. The van der Waals surface area contributed by atoms with Crippen LogP contribution in [0, 0.1) is 0 Å². The lowest BCUT2D eigenvalue weighted by molar-refractivity contribution is 0.147. The van der Waals surface area contributed by atoms with Gasteiger partial charge in [-0.05, 0) is 24.6 Å². The van der Waals surface area contributed by atoms with Crippen LogP contribution < -0.4 is 9.64 Å². The van der Waals surface area contributed by atoms with Gasteiger partial charge in [-0.3, -0.25) is 0 Å². The van der Waals surface area contributed by atoms with Crippen LogP contribution in [0.3, 0.4) is 0 Å². The average molecular weight is 356 g/mol. The van der Waals surface area contributed by atoms with Gasteiger partial charge in [-0.2, -0.15) is 0 Å². The number of hydrogen-bond donors (Lipinski definition) is 0. The van der Waals surface area contributed by atoms with E-state index in [1.54, 1.807) is 21.3 Å². The maximum absolute atomic E-state index is 6.79. The van der Waals surface area contributed by atoms with Crippen molar-refractivity contribution in [3.8, 4) is 5.75 Å². The van der Waals surface area contributed by atoms with Gasteiger partial charge in [-0.15, -0.1) is 0 Å². The third-order valence-electron chi connectivity index (χ3n) is 4.14. The van der Waals surface area contributed by atoms with Gasteiger partial charge in [0.25, 0.3) is 0 Å². The van der Waals surface area contributed by atoms with Crippen molar-refractivity contribution >= 4 is 22.9 Å². The van der Waals surface area contributed by atoms with E-state index in [9.17, 15) is 0 Å². The Morgan fingerprint density at radius 3 is 2.33 bits per heavy atom. The second-order valence-electron chi connectivity index (χ2n) is 5.59. The topological polar surface area (TPSA) is 40.2 Å². The van der Waals surface area contributed by atoms with Crippen molar-refractivity contribution in [2.24, 2.45) is 0 Å². The van der Waals surface area contributed by atoms with Crippen molar-refractivity contribution in [1.82, 2.24) is 0 Å². The minimum absolute atomic E-state index is 0.0372. The molecule has 0 radical (unpaired) electrons. The van der Waals surface area contributed by atoms with E-state index < -0.39 is 0 Å². The van der Waals surface area contributed by atoms with E-state index in [1.165, 1.54) is 0 Å². The highest BCUT2D eigenvalue weighted by Crippen LogP contribution is 2.42. The minimum Gasteiger partial charge on any atom is -0.495 e. The Balaban J connectivity index is 2.43. The number of ether oxygens (including phenoxy) is 4. The van der Waals surface area contributed by atoms with Crippen molar-refractivity contribution in [3.05, 3.63) is 28.8 Å². The average Bonchev–Trinajstić information content (AvgIpc) is 3.01. The molecule has 0 aromatic heterocycles. The van der Waals surface area contributed by atoms with Crippen LogP contribution >= 0.6 is 11.6 Å². The molecule has 0 N–H and O–H groups in total. The highest BCUT2D eigenvalue weighted by molar-refractivity contribution is 6.35. The number of hydrogen-bond acceptors (Lipinski definition) is 5. The molecule has 1 heterocycles. The molecule has 0 aliphatic carbocycles. The summed E-state index contributed by atoms with van der Waals surface area (Å²) in [4.78, 5) is 2.14. The third kappa shape index (κ3) is 4.22. The zero-order chi connectivity index (χ0) is 17.5. The predicted octanol–water partition coefficient (Wildman–Crippen LogP) is 3.25. The fourth-order valence-corrected chi connectivity index (χ4v) is 3.22. The standard InChI is InChI=1S/C18H26ClNO4/c1-13-14(7-10-24-13)15-5-6-16(23-4)18(17(15)19)20(8-11-21-2)9-12-22-3/h5-7,13H,8-12H2,1-4H3. The van der Waals surface area contributed by atoms with E-state index in [0.717, 1.165) is 22.6 Å². The van der Waals surface area contributed by atoms with Crippen LogP contribution in [0.4, 0.5) is 5.69 Å². The van der Waals surface area contributed by atoms with Crippen molar-refractivity contribution in [3.63, 3.8) is 0 Å². The first kappa shape index (κ1) is 19.1. The van der Waals surface area contributed by atoms with Gasteiger partial charge >= 0.3 is 0 Å². The lowest BCUT2D eigenvalue weighted by Gasteiger charge is -2.28. The maximum atomic E-state index is 6.79. The van der Waals surface area contributed by atoms with Gasteiger partial charge in [0.2, 0.25) is 0 Å². The first-order valence-corrected chi connectivity index (χ1v) is 8.43. The molecule has 0 saturated heterocycles. The van der Waals surface area contributed by atoms with E-state index in [-0.39, 0.29) is 6.10 Å². The third-order valence-corrected chi connectivity index (χ3v) is 4.53. The molecule has 5 nitrogen and oxygen atoms in total. The van der Waals surface area contributed by atoms with Gasteiger partial charge in [0.15, 0.2) is 0 Å². The van der Waals surface area contributed by atoms with Crippen LogP contribution in [0.5, 0.6) is 5.75 Å². The predicted molar refractivity (Wildman–Crippen MR) is 97.4 cm³/mol. The molecule has 0 spiro atoms. The van der Waals surface area contributed by atoms with E-state index in [2.05, 4.69) is 11.0 Å². The van der Waals surface area contributed by atoms with Gasteiger partial charge in [0.1, 0.15) is 5.75 Å². The second kappa shape index (κ2) is 9.28. The summed E-state index contributed by atoms with van der Waals surface area (Å²) < 4.78 is 21.7. The lowest BCUT2D eigenvalue weighted by atomic mass is 10.0.